The second-order valence-corrected chi connectivity index (χ2v) is 5.35. The van der Waals surface area contributed by atoms with Crippen molar-refractivity contribution < 1.29 is 0 Å². The number of rotatable bonds is 4. The van der Waals surface area contributed by atoms with Gasteiger partial charge in [0.2, 0.25) is 0 Å². The Morgan fingerprint density at radius 1 is 1.20 bits per heavy atom. The monoisotopic (exact) mass is 210 g/mol. The summed E-state index contributed by atoms with van der Waals surface area (Å²) in [5.41, 5.74) is 0. The number of hydrogen-bond acceptors (Lipinski definition) is 2. The van der Waals surface area contributed by atoms with E-state index in [1.165, 1.54) is 51.7 Å². The van der Waals surface area contributed by atoms with E-state index in [0.717, 1.165) is 18.0 Å². The van der Waals surface area contributed by atoms with Crippen LogP contribution in [0.25, 0.3) is 0 Å². The zero-order valence-electron chi connectivity index (χ0n) is 10.3. The Labute approximate surface area is 94.4 Å². The van der Waals surface area contributed by atoms with Crippen molar-refractivity contribution in [2.45, 2.75) is 58.0 Å². The maximum Gasteiger partial charge on any atom is 0.0221 e. The minimum Gasteiger partial charge on any atom is -0.312 e. The maximum atomic E-state index is 3.80. The summed E-state index contributed by atoms with van der Waals surface area (Å²) in [6.07, 6.45) is 7.07. The van der Waals surface area contributed by atoms with Crippen molar-refractivity contribution in [2.75, 3.05) is 19.6 Å². The predicted octanol–water partition coefficient (Wildman–Crippen LogP) is 2.25. The molecule has 0 spiro atoms. The number of nitrogens with zero attached hydrogens (tertiary/aromatic N) is 1. The Bertz CT molecular complexity index is 193. The molecule has 0 aromatic rings. The van der Waals surface area contributed by atoms with Crippen LogP contribution in [0, 0.1) is 5.92 Å². The van der Waals surface area contributed by atoms with Crippen molar-refractivity contribution in [1.82, 2.24) is 10.2 Å². The van der Waals surface area contributed by atoms with Gasteiger partial charge in [0.25, 0.3) is 0 Å². The lowest BCUT2D eigenvalue weighted by Crippen LogP contribution is -2.42. The lowest BCUT2D eigenvalue weighted by atomic mass is 10.1. The van der Waals surface area contributed by atoms with Crippen LogP contribution in [-0.2, 0) is 0 Å². The summed E-state index contributed by atoms with van der Waals surface area (Å²) in [7, 11) is 0. The third-order valence-electron chi connectivity index (χ3n) is 4.38. The fourth-order valence-corrected chi connectivity index (χ4v) is 3.28. The molecule has 88 valence electrons. The summed E-state index contributed by atoms with van der Waals surface area (Å²) in [6.45, 7) is 8.46. The molecule has 2 nitrogen and oxygen atoms in total. The minimum atomic E-state index is 0.810. The van der Waals surface area contributed by atoms with Gasteiger partial charge in [-0.25, -0.2) is 0 Å². The first-order valence-electron chi connectivity index (χ1n) is 6.78. The van der Waals surface area contributed by atoms with E-state index in [2.05, 4.69) is 24.1 Å². The summed E-state index contributed by atoms with van der Waals surface area (Å²) >= 11 is 0. The molecule has 15 heavy (non-hydrogen) atoms. The van der Waals surface area contributed by atoms with E-state index in [-0.39, 0.29) is 0 Å². The van der Waals surface area contributed by atoms with Crippen LogP contribution in [0.3, 0.4) is 0 Å². The third kappa shape index (κ3) is 2.73. The van der Waals surface area contributed by atoms with Gasteiger partial charge in [-0.3, -0.25) is 4.90 Å². The van der Waals surface area contributed by atoms with E-state index in [1.807, 2.05) is 0 Å². The van der Waals surface area contributed by atoms with E-state index in [4.69, 9.17) is 0 Å². The molecule has 1 saturated heterocycles. The quantitative estimate of drug-likeness (QED) is 0.765. The summed E-state index contributed by atoms with van der Waals surface area (Å²) in [5.74, 6) is 0.904. The first-order valence-corrected chi connectivity index (χ1v) is 6.78. The lowest BCUT2D eigenvalue weighted by molar-refractivity contribution is 0.248. The van der Waals surface area contributed by atoms with Gasteiger partial charge >= 0.3 is 0 Å². The molecule has 1 aliphatic carbocycles. The van der Waals surface area contributed by atoms with E-state index in [0.29, 0.717) is 0 Å². The van der Waals surface area contributed by atoms with E-state index in [9.17, 15) is 0 Å². The highest BCUT2D eigenvalue weighted by Crippen LogP contribution is 2.25. The Kier molecular flexibility index (Phi) is 4.04. The molecule has 0 aromatic carbocycles. The van der Waals surface area contributed by atoms with Crippen LogP contribution < -0.4 is 5.32 Å². The number of hydrogen-bond donors (Lipinski definition) is 1. The fraction of sp³-hybridized carbons (Fsp3) is 1.00. The van der Waals surface area contributed by atoms with Gasteiger partial charge < -0.3 is 5.32 Å². The number of likely N-dealkylation sites (tertiary alicyclic amines) is 1. The van der Waals surface area contributed by atoms with Gasteiger partial charge in [0, 0.05) is 18.6 Å². The normalized spacial score (nSPS) is 37.6. The highest BCUT2D eigenvalue weighted by atomic mass is 15.2. The van der Waals surface area contributed by atoms with Crippen molar-refractivity contribution in [2.24, 2.45) is 5.92 Å². The smallest absolute Gasteiger partial charge is 0.0221 e. The molecule has 1 aliphatic heterocycles. The molecule has 2 heteroatoms. The van der Waals surface area contributed by atoms with Crippen molar-refractivity contribution >= 4 is 0 Å². The Morgan fingerprint density at radius 3 is 2.73 bits per heavy atom. The van der Waals surface area contributed by atoms with Gasteiger partial charge in [0.05, 0.1) is 0 Å². The molecule has 0 bridgehead atoms. The van der Waals surface area contributed by atoms with Gasteiger partial charge in [-0.05, 0) is 44.7 Å². The molecule has 0 aromatic heterocycles. The van der Waals surface area contributed by atoms with Crippen LogP contribution in [0.2, 0.25) is 0 Å². The predicted molar refractivity (Wildman–Crippen MR) is 65.1 cm³/mol. The van der Waals surface area contributed by atoms with Crippen LogP contribution >= 0.6 is 0 Å². The number of nitrogens with one attached hydrogen (secondary N) is 1. The molecule has 3 atom stereocenters. The van der Waals surface area contributed by atoms with E-state index in [1.54, 1.807) is 0 Å². The highest BCUT2D eigenvalue weighted by Gasteiger charge is 2.26. The molecular weight excluding hydrogens is 184 g/mol. The molecule has 2 aliphatic rings. The summed E-state index contributed by atoms with van der Waals surface area (Å²) in [5, 5.41) is 3.80. The minimum absolute atomic E-state index is 0.810. The van der Waals surface area contributed by atoms with Crippen molar-refractivity contribution in [3.63, 3.8) is 0 Å². The Hall–Kier alpha value is -0.0800. The topological polar surface area (TPSA) is 15.3 Å². The van der Waals surface area contributed by atoms with Gasteiger partial charge in [-0.1, -0.05) is 20.3 Å². The first-order chi connectivity index (χ1) is 7.31. The van der Waals surface area contributed by atoms with Gasteiger partial charge in [-0.15, -0.1) is 0 Å². The highest BCUT2D eigenvalue weighted by molar-refractivity contribution is 4.85. The molecule has 2 rings (SSSR count). The average Bonchev–Trinajstić information content (AvgIpc) is 2.83. The molecule has 1 saturated carbocycles. The van der Waals surface area contributed by atoms with Crippen LogP contribution in [0.1, 0.15) is 46.0 Å². The van der Waals surface area contributed by atoms with Crippen LogP contribution in [-0.4, -0.2) is 36.6 Å². The largest absolute Gasteiger partial charge is 0.312 e. The second-order valence-electron chi connectivity index (χ2n) is 5.35. The Morgan fingerprint density at radius 2 is 2.07 bits per heavy atom. The molecule has 0 unspecified atom stereocenters. The van der Waals surface area contributed by atoms with E-state index >= 15 is 0 Å². The average molecular weight is 210 g/mol. The summed E-state index contributed by atoms with van der Waals surface area (Å²) in [4.78, 5) is 2.63. The molecule has 2 fully saturated rings. The standard InChI is InChI=1S/C13H26N2/c1-3-15-9-5-7-12(15)10-14-13-8-4-6-11(13)2/h11-14H,3-10H2,1-2H3/t11-,12-,13-/m1/s1. The molecule has 0 radical (unpaired) electrons. The molecular formula is C13H26N2. The summed E-state index contributed by atoms with van der Waals surface area (Å²) < 4.78 is 0. The molecule has 1 N–H and O–H groups in total. The number of likely N-dealkylation sites (N-methyl/N-ethyl adjacent to an activating group) is 1. The Balaban J connectivity index is 1.72. The van der Waals surface area contributed by atoms with Crippen molar-refractivity contribution in [3.05, 3.63) is 0 Å². The van der Waals surface area contributed by atoms with Crippen LogP contribution in [0.15, 0.2) is 0 Å². The first kappa shape index (κ1) is 11.4. The maximum absolute atomic E-state index is 3.80. The van der Waals surface area contributed by atoms with Crippen LogP contribution in [0.5, 0.6) is 0 Å². The lowest BCUT2D eigenvalue weighted by Gasteiger charge is -2.26. The van der Waals surface area contributed by atoms with Gasteiger partial charge in [-0.2, -0.15) is 0 Å². The van der Waals surface area contributed by atoms with Crippen molar-refractivity contribution in [3.8, 4) is 0 Å². The van der Waals surface area contributed by atoms with E-state index < -0.39 is 0 Å². The zero-order valence-corrected chi connectivity index (χ0v) is 10.3. The molecule has 0 amide bonds. The summed E-state index contributed by atoms with van der Waals surface area (Å²) in [6, 6.07) is 1.63. The molecule has 1 heterocycles. The zero-order chi connectivity index (χ0) is 10.7. The van der Waals surface area contributed by atoms with Gasteiger partial charge in [0.15, 0.2) is 0 Å². The fourth-order valence-electron chi connectivity index (χ4n) is 3.28. The van der Waals surface area contributed by atoms with Gasteiger partial charge in [0.1, 0.15) is 0 Å². The second kappa shape index (κ2) is 5.31. The van der Waals surface area contributed by atoms with Crippen LogP contribution in [0.4, 0.5) is 0 Å². The SMILES string of the molecule is CCN1CCC[C@@H]1CN[C@@H]1CCC[C@H]1C. The third-order valence-corrected chi connectivity index (χ3v) is 4.38. The van der Waals surface area contributed by atoms with Crippen molar-refractivity contribution in [1.29, 1.82) is 0 Å².